The first-order valence-electron chi connectivity index (χ1n) is 6.86. The Morgan fingerprint density at radius 2 is 2.04 bits per heavy atom. The van der Waals surface area contributed by atoms with Crippen molar-refractivity contribution < 1.29 is 32.2 Å². The van der Waals surface area contributed by atoms with Crippen LogP contribution in [0.3, 0.4) is 0 Å². The highest BCUT2D eigenvalue weighted by Gasteiger charge is 2.30. The highest BCUT2D eigenvalue weighted by molar-refractivity contribution is 7.17. The maximum Gasteiger partial charge on any atom is 0.416 e. The van der Waals surface area contributed by atoms with Crippen LogP contribution >= 0.6 is 11.3 Å². The molecule has 0 spiro atoms. The van der Waals surface area contributed by atoms with Crippen molar-refractivity contribution in [3.05, 3.63) is 40.4 Å². The molecule has 0 bridgehead atoms. The fraction of sp³-hybridized carbons (Fsp3) is 0.267. The van der Waals surface area contributed by atoms with E-state index in [0.29, 0.717) is 5.69 Å². The van der Waals surface area contributed by atoms with Crippen LogP contribution in [-0.2, 0) is 15.7 Å². The highest BCUT2D eigenvalue weighted by Crippen LogP contribution is 2.31. The van der Waals surface area contributed by atoms with E-state index in [-0.39, 0.29) is 15.8 Å². The number of aryl methyl sites for hydroxylation is 1. The van der Waals surface area contributed by atoms with Crippen molar-refractivity contribution in [2.24, 2.45) is 0 Å². The zero-order chi connectivity index (χ0) is 18.6. The highest BCUT2D eigenvalue weighted by atomic mass is 32.1. The summed E-state index contributed by atoms with van der Waals surface area (Å²) in [7, 11) is 1.22. The van der Waals surface area contributed by atoms with Gasteiger partial charge in [0.1, 0.15) is 10.6 Å². The SMILES string of the molecule is COC(=O)c1sc(NC(=O)COc2cccc(C(F)(F)F)c2)nc1C. The molecular weight excluding hydrogens is 361 g/mol. The lowest BCUT2D eigenvalue weighted by molar-refractivity contribution is -0.137. The fourth-order valence-corrected chi connectivity index (χ4v) is 2.70. The Morgan fingerprint density at radius 1 is 1.32 bits per heavy atom. The second-order valence-corrected chi connectivity index (χ2v) is 5.79. The Labute approximate surface area is 144 Å². The topological polar surface area (TPSA) is 77.5 Å². The number of thiazole rings is 1. The lowest BCUT2D eigenvalue weighted by atomic mass is 10.2. The van der Waals surface area contributed by atoms with Crippen molar-refractivity contribution >= 4 is 28.3 Å². The first-order valence-corrected chi connectivity index (χ1v) is 7.68. The van der Waals surface area contributed by atoms with E-state index in [1.807, 2.05) is 0 Å². The van der Waals surface area contributed by atoms with E-state index < -0.39 is 30.2 Å². The molecule has 0 unspecified atom stereocenters. The van der Waals surface area contributed by atoms with Gasteiger partial charge in [-0.1, -0.05) is 17.4 Å². The van der Waals surface area contributed by atoms with Gasteiger partial charge in [-0.3, -0.25) is 10.1 Å². The number of carbonyl (C=O) groups is 2. The number of carbonyl (C=O) groups excluding carboxylic acids is 2. The van der Waals surface area contributed by atoms with Crippen LogP contribution in [0.2, 0.25) is 0 Å². The van der Waals surface area contributed by atoms with Crippen LogP contribution in [0.25, 0.3) is 0 Å². The van der Waals surface area contributed by atoms with Crippen LogP contribution in [-0.4, -0.2) is 30.6 Å². The van der Waals surface area contributed by atoms with Crippen LogP contribution in [0, 0.1) is 6.92 Å². The molecule has 2 rings (SSSR count). The van der Waals surface area contributed by atoms with E-state index in [0.717, 1.165) is 23.5 Å². The van der Waals surface area contributed by atoms with E-state index in [2.05, 4.69) is 15.0 Å². The van der Waals surface area contributed by atoms with Gasteiger partial charge in [0.25, 0.3) is 5.91 Å². The normalized spacial score (nSPS) is 11.1. The molecule has 0 aliphatic rings. The number of aromatic nitrogens is 1. The summed E-state index contributed by atoms with van der Waals surface area (Å²) in [4.78, 5) is 27.5. The second-order valence-electron chi connectivity index (χ2n) is 4.79. The standard InChI is InChI=1S/C15H13F3N2O4S/c1-8-12(13(22)23-2)25-14(19-8)20-11(21)7-24-10-5-3-4-9(6-10)15(16,17)18/h3-6H,7H2,1-2H3,(H,19,20,21). The summed E-state index contributed by atoms with van der Waals surface area (Å²) in [5.41, 5.74) is -0.477. The molecule has 0 atom stereocenters. The average molecular weight is 374 g/mol. The molecule has 1 amide bonds. The van der Waals surface area contributed by atoms with Crippen LogP contribution < -0.4 is 10.1 Å². The lowest BCUT2D eigenvalue weighted by Gasteiger charge is -2.09. The maximum atomic E-state index is 12.6. The number of nitrogens with one attached hydrogen (secondary N) is 1. The molecule has 6 nitrogen and oxygen atoms in total. The summed E-state index contributed by atoms with van der Waals surface area (Å²) in [5, 5.41) is 2.57. The number of rotatable bonds is 5. The zero-order valence-corrected chi connectivity index (χ0v) is 14.0. The molecule has 1 N–H and O–H groups in total. The Morgan fingerprint density at radius 3 is 2.68 bits per heavy atom. The van der Waals surface area contributed by atoms with Crippen molar-refractivity contribution in [1.82, 2.24) is 4.98 Å². The van der Waals surface area contributed by atoms with Gasteiger partial charge >= 0.3 is 12.1 Å². The minimum atomic E-state index is -4.50. The molecule has 25 heavy (non-hydrogen) atoms. The first-order chi connectivity index (χ1) is 11.7. The number of alkyl halides is 3. The second kappa shape index (κ2) is 7.51. The summed E-state index contributed by atoms with van der Waals surface area (Å²) in [5.74, 6) is -1.28. The Bertz CT molecular complexity index is 789. The van der Waals surface area contributed by atoms with E-state index in [9.17, 15) is 22.8 Å². The average Bonchev–Trinajstić information content (AvgIpc) is 2.92. The van der Waals surface area contributed by atoms with Crippen molar-refractivity contribution in [3.8, 4) is 5.75 Å². The smallest absolute Gasteiger partial charge is 0.416 e. The molecular formula is C15H13F3N2O4S. The fourth-order valence-electron chi connectivity index (χ4n) is 1.80. The van der Waals surface area contributed by atoms with Gasteiger partial charge in [0.15, 0.2) is 11.7 Å². The third-order valence-corrected chi connectivity index (χ3v) is 4.00. The molecule has 134 valence electrons. The molecule has 1 heterocycles. The summed E-state index contributed by atoms with van der Waals surface area (Å²) < 4.78 is 47.5. The summed E-state index contributed by atoms with van der Waals surface area (Å²) in [6.45, 7) is 1.07. The summed E-state index contributed by atoms with van der Waals surface area (Å²) >= 11 is 0.926. The number of esters is 1. The van der Waals surface area contributed by atoms with Crippen molar-refractivity contribution in [2.75, 3.05) is 19.0 Å². The lowest BCUT2D eigenvalue weighted by Crippen LogP contribution is -2.20. The van der Waals surface area contributed by atoms with Gasteiger partial charge in [0, 0.05) is 0 Å². The molecule has 0 saturated heterocycles. The molecule has 0 fully saturated rings. The number of amides is 1. The molecule has 2 aromatic rings. The summed E-state index contributed by atoms with van der Waals surface area (Å²) in [6.07, 6.45) is -4.50. The number of methoxy groups -OCH3 is 1. The quantitative estimate of drug-likeness (QED) is 0.813. The van der Waals surface area contributed by atoms with Crippen LogP contribution in [0.5, 0.6) is 5.75 Å². The Kier molecular flexibility index (Phi) is 5.62. The van der Waals surface area contributed by atoms with Crippen molar-refractivity contribution in [2.45, 2.75) is 13.1 Å². The number of halogens is 3. The maximum absolute atomic E-state index is 12.6. The van der Waals surface area contributed by atoms with Gasteiger partial charge in [0.2, 0.25) is 0 Å². The molecule has 0 saturated carbocycles. The number of hydrogen-bond donors (Lipinski definition) is 1. The number of nitrogens with zero attached hydrogens (tertiary/aromatic N) is 1. The van der Waals surface area contributed by atoms with Gasteiger partial charge in [0.05, 0.1) is 18.4 Å². The molecule has 10 heteroatoms. The van der Waals surface area contributed by atoms with E-state index in [4.69, 9.17) is 4.74 Å². The third-order valence-electron chi connectivity index (χ3n) is 2.95. The third kappa shape index (κ3) is 4.92. The van der Waals surface area contributed by atoms with Crippen LogP contribution in [0.1, 0.15) is 20.9 Å². The van der Waals surface area contributed by atoms with Crippen molar-refractivity contribution in [1.29, 1.82) is 0 Å². The number of benzene rings is 1. The minimum absolute atomic E-state index is 0.0875. The monoisotopic (exact) mass is 374 g/mol. The van der Waals surface area contributed by atoms with Gasteiger partial charge in [-0.05, 0) is 25.1 Å². The van der Waals surface area contributed by atoms with Crippen LogP contribution in [0.15, 0.2) is 24.3 Å². The van der Waals surface area contributed by atoms with Gasteiger partial charge in [-0.25, -0.2) is 9.78 Å². The predicted molar refractivity (Wildman–Crippen MR) is 83.8 cm³/mol. The van der Waals surface area contributed by atoms with Gasteiger partial charge in [-0.15, -0.1) is 0 Å². The van der Waals surface area contributed by atoms with E-state index >= 15 is 0 Å². The number of hydrogen-bond acceptors (Lipinski definition) is 6. The minimum Gasteiger partial charge on any atom is -0.484 e. The first kappa shape index (κ1) is 18.7. The largest absolute Gasteiger partial charge is 0.484 e. The molecule has 1 aromatic carbocycles. The Hall–Kier alpha value is -2.62. The number of anilines is 1. The van der Waals surface area contributed by atoms with Gasteiger partial charge in [-0.2, -0.15) is 13.2 Å². The van der Waals surface area contributed by atoms with E-state index in [1.54, 1.807) is 6.92 Å². The summed E-state index contributed by atoms with van der Waals surface area (Å²) in [6, 6.07) is 4.20. The Balaban J connectivity index is 1.96. The van der Waals surface area contributed by atoms with Crippen molar-refractivity contribution in [3.63, 3.8) is 0 Å². The van der Waals surface area contributed by atoms with E-state index in [1.165, 1.54) is 19.2 Å². The number of ether oxygens (including phenoxy) is 2. The molecule has 0 radical (unpaired) electrons. The van der Waals surface area contributed by atoms with Gasteiger partial charge < -0.3 is 9.47 Å². The molecule has 0 aliphatic heterocycles. The predicted octanol–water partition coefficient (Wildman–Crippen LogP) is 3.27. The zero-order valence-electron chi connectivity index (χ0n) is 13.1. The molecule has 1 aromatic heterocycles. The van der Waals surface area contributed by atoms with Crippen LogP contribution in [0.4, 0.5) is 18.3 Å². The molecule has 0 aliphatic carbocycles.